The molecule has 0 saturated carbocycles. The van der Waals surface area contributed by atoms with E-state index in [1.807, 2.05) is 18.2 Å². The molecule has 8 heteroatoms. The number of ether oxygens (including phenoxy) is 2. The average molecular weight is 391 g/mol. The van der Waals surface area contributed by atoms with Crippen LogP contribution in [0.4, 0.5) is 5.69 Å². The van der Waals surface area contributed by atoms with Crippen LogP contribution in [0, 0.1) is 4.78 Å². The van der Waals surface area contributed by atoms with Crippen LogP contribution in [0.25, 0.3) is 0 Å². The summed E-state index contributed by atoms with van der Waals surface area (Å²) >= 11 is 0. The summed E-state index contributed by atoms with van der Waals surface area (Å²) in [6, 6.07) is 12.0. The van der Waals surface area contributed by atoms with Crippen LogP contribution in [0.2, 0.25) is 0 Å². The first-order valence-electron chi connectivity index (χ1n) is 8.63. The summed E-state index contributed by atoms with van der Waals surface area (Å²) in [4.78, 5) is 12.1. The topological polar surface area (TPSA) is 101 Å². The van der Waals surface area contributed by atoms with Gasteiger partial charge in [-0.3, -0.25) is 0 Å². The molecule has 146 valence electrons. The average Bonchev–Trinajstić information content (AvgIpc) is 2.69. The summed E-state index contributed by atoms with van der Waals surface area (Å²) < 4.78 is 34.3. The van der Waals surface area contributed by atoms with Crippen LogP contribution < -0.4 is 14.8 Å². The van der Waals surface area contributed by atoms with Crippen LogP contribution in [-0.4, -0.2) is 30.9 Å². The number of nitrogens with one attached hydrogen (secondary N) is 3. The molecule has 0 aliphatic heterocycles. The van der Waals surface area contributed by atoms with Crippen LogP contribution >= 0.6 is 0 Å². The first-order chi connectivity index (χ1) is 12.9. The molecule has 0 bridgehead atoms. The number of esters is 1. The molecule has 0 saturated heterocycles. The zero-order valence-electron chi connectivity index (χ0n) is 15.7. The molecule has 0 spiro atoms. The van der Waals surface area contributed by atoms with Crippen LogP contribution in [0.1, 0.15) is 30.1 Å². The number of unbranched alkanes of at least 4 members (excludes halogenated alkanes) is 1. The number of benzene rings is 2. The molecule has 2 aromatic carbocycles. The summed E-state index contributed by atoms with van der Waals surface area (Å²) in [5.41, 5.74) is 0.683. The minimum absolute atomic E-state index is 0.0794. The lowest BCUT2D eigenvalue weighted by molar-refractivity contribution is 0.0600. The quantitative estimate of drug-likeness (QED) is 0.443. The summed E-state index contributed by atoms with van der Waals surface area (Å²) in [6.45, 7) is 2.71. The number of rotatable bonds is 9. The molecule has 2 rings (SSSR count). The Morgan fingerprint density at radius 1 is 1.22 bits per heavy atom. The molecule has 1 atom stereocenters. The van der Waals surface area contributed by atoms with Crippen molar-refractivity contribution in [1.29, 1.82) is 4.78 Å². The fraction of sp³-hybridized carbons (Fsp3) is 0.316. The standard InChI is InChI=1S/C19H25N3O4S/c1-4-5-11-22-16-12-14(19(23)25-3)13-17(27(20,24)21-2)18(16)26-15-9-7-6-8-10-15/h6-10,12-13,22H,4-5,11H2,1-3H3,(H2,20,21,24). The van der Waals surface area contributed by atoms with Gasteiger partial charge in [0, 0.05) is 6.54 Å². The molecule has 1 unspecified atom stereocenters. The number of carbonyl (C=O) groups excluding carboxylic acids is 1. The van der Waals surface area contributed by atoms with E-state index in [0.29, 0.717) is 18.0 Å². The number of hydrogen-bond donors (Lipinski definition) is 3. The molecule has 2 aromatic rings. The molecule has 0 aliphatic carbocycles. The second-order valence-corrected chi connectivity index (χ2v) is 7.76. The highest BCUT2D eigenvalue weighted by atomic mass is 32.2. The van der Waals surface area contributed by atoms with E-state index < -0.39 is 15.9 Å². The van der Waals surface area contributed by atoms with Gasteiger partial charge in [-0.05, 0) is 37.7 Å². The Morgan fingerprint density at radius 2 is 1.93 bits per heavy atom. The minimum atomic E-state index is -3.39. The van der Waals surface area contributed by atoms with Gasteiger partial charge < -0.3 is 14.8 Å². The smallest absolute Gasteiger partial charge is 0.337 e. The SMILES string of the molecule is CCCCNc1cc(C(=O)OC)cc(S(=N)(=O)NC)c1Oc1ccccc1. The number of methoxy groups -OCH3 is 1. The van der Waals surface area contributed by atoms with Crippen LogP contribution in [0.3, 0.4) is 0 Å². The third-order valence-corrected chi connectivity index (χ3v) is 5.38. The van der Waals surface area contributed by atoms with Crippen LogP contribution in [0.5, 0.6) is 11.5 Å². The maximum Gasteiger partial charge on any atom is 0.337 e. The Morgan fingerprint density at radius 3 is 2.52 bits per heavy atom. The largest absolute Gasteiger partial charge is 0.465 e. The number of para-hydroxylation sites is 1. The van der Waals surface area contributed by atoms with Gasteiger partial charge in [0.05, 0.1) is 18.4 Å². The van der Waals surface area contributed by atoms with Crippen molar-refractivity contribution >= 4 is 21.6 Å². The van der Waals surface area contributed by atoms with Crippen molar-refractivity contribution in [3.63, 3.8) is 0 Å². The van der Waals surface area contributed by atoms with Gasteiger partial charge in [-0.15, -0.1) is 0 Å². The Labute approximate surface area is 160 Å². The highest BCUT2D eigenvalue weighted by Crippen LogP contribution is 2.37. The van der Waals surface area contributed by atoms with Gasteiger partial charge in [-0.2, -0.15) is 0 Å². The molecule has 0 heterocycles. The highest BCUT2D eigenvalue weighted by Gasteiger charge is 2.23. The van der Waals surface area contributed by atoms with Crippen molar-refractivity contribution in [3.8, 4) is 11.5 Å². The third-order valence-electron chi connectivity index (χ3n) is 3.88. The van der Waals surface area contributed by atoms with E-state index in [0.717, 1.165) is 12.8 Å². The second kappa shape index (κ2) is 9.38. The van der Waals surface area contributed by atoms with E-state index in [-0.39, 0.29) is 16.2 Å². The third kappa shape index (κ3) is 5.21. The van der Waals surface area contributed by atoms with Crippen molar-refractivity contribution in [3.05, 3.63) is 48.0 Å². The Hall–Kier alpha value is -2.58. The molecule has 0 fully saturated rings. The highest BCUT2D eigenvalue weighted by molar-refractivity contribution is 7.90. The van der Waals surface area contributed by atoms with E-state index >= 15 is 0 Å². The molecule has 3 N–H and O–H groups in total. The lowest BCUT2D eigenvalue weighted by Gasteiger charge is -2.19. The molecule has 7 nitrogen and oxygen atoms in total. The molecule has 0 radical (unpaired) electrons. The van der Waals surface area contributed by atoms with Gasteiger partial charge in [0.1, 0.15) is 20.6 Å². The van der Waals surface area contributed by atoms with Gasteiger partial charge in [0.25, 0.3) is 0 Å². The van der Waals surface area contributed by atoms with Gasteiger partial charge in [0.2, 0.25) is 0 Å². The Kier molecular flexibility index (Phi) is 7.20. The van der Waals surface area contributed by atoms with E-state index in [1.54, 1.807) is 18.2 Å². The lowest BCUT2D eigenvalue weighted by atomic mass is 10.1. The Balaban J connectivity index is 2.64. The first kappa shape index (κ1) is 20.7. The molecular weight excluding hydrogens is 366 g/mol. The molecule has 0 aliphatic rings. The summed E-state index contributed by atoms with van der Waals surface area (Å²) in [7, 11) is -0.687. The first-order valence-corrected chi connectivity index (χ1v) is 10.2. The van der Waals surface area contributed by atoms with Gasteiger partial charge in [-0.1, -0.05) is 31.5 Å². The normalized spacial score (nSPS) is 12.9. The predicted octanol–water partition coefficient (Wildman–Crippen LogP) is 4.02. The van der Waals surface area contributed by atoms with Crippen LogP contribution in [-0.2, 0) is 14.7 Å². The van der Waals surface area contributed by atoms with E-state index in [4.69, 9.17) is 14.3 Å². The van der Waals surface area contributed by atoms with Crippen molar-refractivity contribution < 1.29 is 18.5 Å². The minimum Gasteiger partial charge on any atom is -0.465 e. The van der Waals surface area contributed by atoms with E-state index in [9.17, 15) is 9.00 Å². The van der Waals surface area contributed by atoms with Crippen molar-refractivity contribution in [1.82, 2.24) is 4.72 Å². The molecule has 0 aromatic heterocycles. The van der Waals surface area contributed by atoms with Crippen molar-refractivity contribution in [2.45, 2.75) is 24.7 Å². The molecular formula is C19H25N3O4S. The predicted molar refractivity (Wildman–Crippen MR) is 106 cm³/mol. The fourth-order valence-electron chi connectivity index (χ4n) is 2.40. The molecule has 0 amide bonds. The van der Waals surface area contributed by atoms with E-state index in [1.165, 1.54) is 20.2 Å². The summed E-state index contributed by atoms with van der Waals surface area (Å²) in [5, 5.41) is 3.22. The Bertz CT molecular complexity index is 883. The molecule has 27 heavy (non-hydrogen) atoms. The second-order valence-electron chi connectivity index (χ2n) is 5.80. The zero-order chi connectivity index (χ0) is 19.9. The number of hydrogen-bond acceptors (Lipinski definition) is 6. The summed E-state index contributed by atoms with van der Waals surface area (Å²) in [6.07, 6.45) is 1.89. The maximum atomic E-state index is 12.8. The lowest BCUT2D eigenvalue weighted by Crippen LogP contribution is -2.19. The van der Waals surface area contributed by atoms with Gasteiger partial charge in [-0.25, -0.2) is 18.5 Å². The van der Waals surface area contributed by atoms with E-state index in [2.05, 4.69) is 17.0 Å². The number of anilines is 1. The number of carbonyl (C=O) groups is 1. The van der Waals surface area contributed by atoms with Gasteiger partial charge in [0.15, 0.2) is 5.75 Å². The monoisotopic (exact) mass is 391 g/mol. The van der Waals surface area contributed by atoms with Crippen molar-refractivity contribution in [2.75, 3.05) is 26.0 Å². The maximum absolute atomic E-state index is 12.8. The zero-order valence-corrected chi connectivity index (χ0v) is 16.5. The van der Waals surface area contributed by atoms with Crippen molar-refractivity contribution in [2.24, 2.45) is 0 Å². The fourth-order valence-corrected chi connectivity index (χ4v) is 3.33. The van der Waals surface area contributed by atoms with Crippen LogP contribution in [0.15, 0.2) is 47.4 Å². The summed E-state index contributed by atoms with van der Waals surface area (Å²) in [5.74, 6) is 0.209. The van der Waals surface area contributed by atoms with Gasteiger partial charge >= 0.3 is 5.97 Å².